The van der Waals surface area contributed by atoms with Crippen molar-refractivity contribution < 1.29 is 17.9 Å². The van der Waals surface area contributed by atoms with Crippen molar-refractivity contribution in [3.05, 3.63) is 65.7 Å². The van der Waals surface area contributed by atoms with Crippen molar-refractivity contribution in [1.29, 1.82) is 0 Å². The Kier molecular flexibility index (Phi) is 7.24. The second-order valence-corrected chi connectivity index (χ2v) is 9.78. The van der Waals surface area contributed by atoms with Crippen molar-refractivity contribution >= 4 is 15.9 Å². The molecule has 28 heavy (non-hydrogen) atoms. The Hall–Kier alpha value is -2.34. The van der Waals surface area contributed by atoms with Crippen LogP contribution in [-0.4, -0.2) is 21.1 Å². The van der Waals surface area contributed by atoms with E-state index in [1.807, 2.05) is 19.1 Å². The number of rotatable bonds is 7. The lowest BCUT2D eigenvalue weighted by atomic mass is 9.87. The molecule has 2 aromatic carbocycles. The fourth-order valence-electron chi connectivity index (χ4n) is 2.70. The van der Waals surface area contributed by atoms with Crippen molar-refractivity contribution in [1.82, 2.24) is 5.32 Å². The Morgan fingerprint density at radius 3 is 2.18 bits per heavy atom. The highest BCUT2D eigenvalue weighted by Crippen LogP contribution is 2.29. The lowest BCUT2D eigenvalue weighted by Crippen LogP contribution is -2.34. The van der Waals surface area contributed by atoms with Gasteiger partial charge in [0, 0.05) is 0 Å². The summed E-state index contributed by atoms with van der Waals surface area (Å²) in [7, 11) is -3.84. The molecule has 0 aliphatic carbocycles. The molecule has 1 N–H and O–H groups in total. The van der Waals surface area contributed by atoms with Gasteiger partial charge in [0.1, 0.15) is 0 Å². The fourth-order valence-corrected chi connectivity index (χ4v) is 4.28. The molecular formula is C22H29NO4S. The van der Waals surface area contributed by atoms with Crippen LogP contribution in [0.3, 0.4) is 0 Å². The summed E-state index contributed by atoms with van der Waals surface area (Å²) in [6.45, 7) is 8.50. The molecule has 6 heteroatoms. The second kappa shape index (κ2) is 9.24. The van der Waals surface area contributed by atoms with Crippen LogP contribution in [-0.2, 0) is 20.0 Å². The number of carbonyl (C=O) groups excluding carboxylic acids is 1. The smallest absolute Gasteiger partial charge is 0.408 e. The minimum Gasteiger partial charge on any atom is -0.450 e. The zero-order valence-electron chi connectivity index (χ0n) is 16.9. The predicted molar refractivity (Wildman–Crippen MR) is 111 cm³/mol. The molecule has 5 nitrogen and oxygen atoms in total. The molecule has 0 aromatic heterocycles. The third-order valence-electron chi connectivity index (χ3n) is 4.44. The van der Waals surface area contributed by atoms with Crippen LogP contribution >= 0.6 is 0 Å². The van der Waals surface area contributed by atoms with Gasteiger partial charge >= 0.3 is 6.09 Å². The number of hydrogen-bond acceptors (Lipinski definition) is 4. The van der Waals surface area contributed by atoms with Gasteiger partial charge in [0.05, 0.1) is 11.5 Å². The minimum absolute atomic E-state index is 0.0567. The molecule has 0 saturated heterocycles. The van der Waals surface area contributed by atoms with Gasteiger partial charge in [-0.3, -0.25) is 0 Å². The summed E-state index contributed by atoms with van der Waals surface area (Å²) in [6.07, 6.45) is 0.870. The molecule has 0 aliphatic heterocycles. The predicted octanol–water partition coefficient (Wildman–Crippen LogP) is 4.98. The number of benzene rings is 2. The second-order valence-electron chi connectivity index (χ2n) is 7.74. The zero-order chi connectivity index (χ0) is 20.8. The maximum absolute atomic E-state index is 13.2. The molecule has 152 valence electrons. The number of nitrogens with one attached hydrogen (secondary N) is 1. The Bertz CT molecular complexity index is 869. The van der Waals surface area contributed by atoms with Gasteiger partial charge in [0.25, 0.3) is 0 Å². The van der Waals surface area contributed by atoms with Crippen molar-refractivity contribution in [2.24, 2.45) is 0 Å². The highest BCUT2D eigenvalue weighted by atomic mass is 32.2. The van der Waals surface area contributed by atoms with Gasteiger partial charge in [-0.2, -0.15) is 0 Å². The number of ether oxygens (including phenoxy) is 1. The summed E-state index contributed by atoms with van der Waals surface area (Å²) in [4.78, 5) is 12.4. The van der Waals surface area contributed by atoms with Crippen LogP contribution in [0.1, 0.15) is 57.0 Å². The van der Waals surface area contributed by atoms with Crippen LogP contribution in [0, 0.1) is 0 Å². The van der Waals surface area contributed by atoms with E-state index in [0.29, 0.717) is 5.56 Å². The quantitative estimate of drug-likeness (QED) is 0.662. The zero-order valence-corrected chi connectivity index (χ0v) is 17.8. The maximum Gasteiger partial charge on any atom is 0.408 e. The van der Waals surface area contributed by atoms with Gasteiger partial charge in [-0.25, -0.2) is 13.2 Å². The summed E-state index contributed by atoms with van der Waals surface area (Å²) in [5.74, 6) is 0. The van der Waals surface area contributed by atoms with E-state index >= 15 is 0 Å². The van der Waals surface area contributed by atoms with Gasteiger partial charge in [-0.15, -0.1) is 0 Å². The van der Waals surface area contributed by atoms with Crippen molar-refractivity contribution in [3.63, 3.8) is 0 Å². The van der Waals surface area contributed by atoms with Gasteiger partial charge in [-0.1, -0.05) is 76.6 Å². The average molecular weight is 404 g/mol. The normalized spacial score (nSPS) is 13.0. The minimum atomic E-state index is -3.84. The molecule has 0 spiro atoms. The van der Waals surface area contributed by atoms with Crippen LogP contribution in [0.2, 0.25) is 0 Å². The molecule has 2 rings (SSSR count). The summed E-state index contributed by atoms with van der Waals surface area (Å²) in [5, 5.41) is 1.32. The number of sulfone groups is 1. The van der Waals surface area contributed by atoms with E-state index in [-0.39, 0.29) is 16.9 Å². The number of hydrogen-bond donors (Lipinski definition) is 1. The average Bonchev–Trinajstić information content (AvgIpc) is 2.66. The van der Waals surface area contributed by atoms with Gasteiger partial charge in [0.15, 0.2) is 5.37 Å². The molecular weight excluding hydrogens is 374 g/mol. The Morgan fingerprint density at radius 2 is 1.64 bits per heavy atom. The molecule has 0 fully saturated rings. The highest BCUT2D eigenvalue weighted by molar-refractivity contribution is 7.91. The Morgan fingerprint density at radius 1 is 1.04 bits per heavy atom. The van der Waals surface area contributed by atoms with Crippen LogP contribution < -0.4 is 5.32 Å². The van der Waals surface area contributed by atoms with Crippen LogP contribution in [0.25, 0.3) is 0 Å². The fraction of sp³-hybridized carbons (Fsp3) is 0.409. The number of amides is 1. The van der Waals surface area contributed by atoms with E-state index in [9.17, 15) is 13.2 Å². The van der Waals surface area contributed by atoms with E-state index in [1.165, 1.54) is 12.1 Å². The van der Waals surface area contributed by atoms with Crippen molar-refractivity contribution in [2.75, 3.05) is 6.61 Å². The third-order valence-corrected chi connectivity index (χ3v) is 6.38. The molecule has 0 saturated carbocycles. The van der Waals surface area contributed by atoms with E-state index in [1.54, 1.807) is 30.3 Å². The van der Waals surface area contributed by atoms with E-state index < -0.39 is 21.3 Å². The molecule has 0 bridgehead atoms. The molecule has 1 amide bonds. The molecule has 0 aliphatic rings. The largest absolute Gasteiger partial charge is 0.450 e. The first kappa shape index (κ1) is 22.0. The van der Waals surface area contributed by atoms with Crippen molar-refractivity contribution in [3.8, 4) is 0 Å². The Balaban J connectivity index is 2.37. The molecule has 0 radical (unpaired) electrons. The Labute approximate surface area is 168 Å². The first-order chi connectivity index (χ1) is 13.2. The lowest BCUT2D eigenvalue weighted by Gasteiger charge is -2.22. The molecule has 2 aromatic rings. The first-order valence-corrected chi connectivity index (χ1v) is 11.0. The summed E-state index contributed by atoms with van der Waals surface area (Å²) in [5.41, 5.74) is 1.51. The van der Waals surface area contributed by atoms with E-state index in [4.69, 9.17) is 4.74 Å². The van der Waals surface area contributed by atoms with Crippen LogP contribution in [0.4, 0.5) is 4.79 Å². The molecule has 1 atom stereocenters. The topological polar surface area (TPSA) is 72.5 Å². The summed E-state index contributed by atoms with van der Waals surface area (Å²) < 4.78 is 31.5. The monoisotopic (exact) mass is 403 g/mol. The van der Waals surface area contributed by atoms with Gasteiger partial charge < -0.3 is 10.1 Å². The van der Waals surface area contributed by atoms with E-state index in [0.717, 1.165) is 18.4 Å². The number of carbonyl (C=O) groups is 1. The first-order valence-electron chi connectivity index (χ1n) is 9.49. The van der Waals surface area contributed by atoms with Crippen molar-refractivity contribution in [2.45, 2.75) is 56.2 Å². The van der Waals surface area contributed by atoms with Gasteiger partial charge in [-0.05, 0) is 35.1 Å². The standard InChI is InChI=1S/C22H29NO4S/c1-5-6-16-27-21(24)23-20(28(25,26)19-10-8-7-9-11-19)17-12-14-18(15-13-17)22(2,3)4/h7-15,20H,5-6,16H2,1-4H3,(H,23,24). The summed E-state index contributed by atoms with van der Waals surface area (Å²) >= 11 is 0. The number of unbranched alkanes of at least 4 members (excludes halogenated alkanes) is 1. The third kappa shape index (κ3) is 5.58. The number of alkyl carbamates (subject to hydrolysis) is 1. The van der Waals surface area contributed by atoms with Crippen LogP contribution in [0.5, 0.6) is 0 Å². The highest BCUT2D eigenvalue weighted by Gasteiger charge is 2.31. The maximum atomic E-state index is 13.2. The SMILES string of the molecule is CCCCOC(=O)NC(c1ccc(C(C)(C)C)cc1)S(=O)(=O)c1ccccc1. The molecule has 1 unspecified atom stereocenters. The lowest BCUT2D eigenvalue weighted by molar-refractivity contribution is 0.143. The van der Waals surface area contributed by atoms with E-state index in [2.05, 4.69) is 26.1 Å². The van der Waals surface area contributed by atoms with Gasteiger partial charge in [0.2, 0.25) is 9.84 Å². The molecule has 0 heterocycles. The van der Waals surface area contributed by atoms with Crippen LogP contribution in [0.15, 0.2) is 59.5 Å². The summed E-state index contributed by atoms with van der Waals surface area (Å²) in [6, 6.07) is 15.4.